The zero-order valence-electron chi connectivity index (χ0n) is 13.7. The third-order valence-corrected chi connectivity index (χ3v) is 5.44. The average Bonchev–Trinajstić information content (AvgIpc) is 3.17. The van der Waals surface area contributed by atoms with Crippen molar-refractivity contribution in [2.24, 2.45) is 0 Å². The van der Waals surface area contributed by atoms with Gasteiger partial charge in [-0.05, 0) is 45.8 Å². The van der Waals surface area contributed by atoms with Crippen molar-refractivity contribution in [1.29, 1.82) is 0 Å². The van der Waals surface area contributed by atoms with Gasteiger partial charge in [-0.2, -0.15) is 4.68 Å². The molecule has 0 fully saturated rings. The van der Waals surface area contributed by atoms with Crippen LogP contribution in [0, 0.1) is 0 Å². The second kappa shape index (κ2) is 7.72. The molecule has 6 heteroatoms. The van der Waals surface area contributed by atoms with Gasteiger partial charge in [-0.15, -0.1) is 5.10 Å². The quantitative estimate of drug-likeness (QED) is 0.448. The Labute approximate surface area is 160 Å². The minimum absolute atomic E-state index is 0.0573. The van der Waals surface area contributed by atoms with Crippen LogP contribution in [0.3, 0.4) is 0 Å². The van der Waals surface area contributed by atoms with Crippen molar-refractivity contribution in [3.05, 3.63) is 101 Å². The average molecular weight is 379 g/mol. The van der Waals surface area contributed by atoms with Gasteiger partial charge >= 0.3 is 0 Å². The molecule has 128 valence electrons. The maximum atomic E-state index is 6.07. The highest BCUT2D eigenvalue weighted by molar-refractivity contribution is 7.99. The van der Waals surface area contributed by atoms with E-state index in [0.717, 1.165) is 21.4 Å². The van der Waals surface area contributed by atoms with Gasteiger partial charge in [0.2, 0.25) is 5.16 Å². The summed E-state index contributed by atoms with van der Waals surface area (Å²) in [5.41, 5.74) is 3.26. The van der Waals surface area contributed by atoms with Crippen LogP contribution in [0.1, 0.15) is 16.4 Å². The summed E-state index contributed by atoms with van der Waals surface area (Å²) in [5.74, 6) is 0. The molecule has 0 aliphatic heterocycles. The van der Waals surface area contributed by atoms with E-state index in [1.54, 1.807) is 16.4 Å². The first-order valence-electron chi connectivity index (χ1n) is 8.12. The van der Waals surface area contributed by atoms with Crippen LogP contribution < -0.4 is 0 Å². The topological polar surface area (TPSA) is 43.6 Å². The molecule has 0 saturated heterocycles. The van der Waals surface area contributed by atoms with Crippen molar-refractivity contribution in [2.75, 3.05) is 0 Å². The van der Waals surface area contributed by atoms with Crippen LogP contribution in [-0.4, -0.2) is 20.2 Å². The molecule has 1 atom stereocenters. The zero-order valence-corrected chi connectivity index (χ0v) is 15.3. The third kappa shape index (κ3) is 3.64. The normalized spacial score (nSPS) is 12.0. The Morgan fingerprint density at radius 3 is 2.08 bits per heavy atom. The lowest BCUT2D eigenvalue weighted by molar-refractivity contribution is 0.755. The summed E-state index contributed by atoms with van der Waals surface area (Å²) in [7, 11) is 0. The Kier molecular flexibility index (Phi) is 5.00. The number of aromatic nitrogens is 4. The maximum absolute atomic E-state index is 6.07. The molecular weight excluding hydrogens is 364 g/mol. The Balaban J connectivity index is 1.73. The molecular formula is C20H15ClN4S. The van der Waals surface area contributed by atoms with Gasteiger partial charge in [0.15, 0.2) is 0 Å². The number of rotatable bonds is 5. The smallest absolute Gasteiger partial charge is 0.187 e. The standard InChI is InChI=1S/C20H15ClN4S/c21-17-13-11-16(12-14-17)19(15-7-3-1-4-8-15)26-20-22-23-24-25(20)18-9-5-2-6-10-18/h1-14,19H/t19-/m1/s1. The van der Waals surface area contributed by atoms with E-state index < -0.39 is 0 Å². The summed E-state index contributed by atoms with van der Waals surface area (Å²) in [6.45, 7) is 0. The molecule has 1 heterocycles. The molecule has 4 rings (SSSR count). The van der Waals surface area contributed by atoms with Gasteiger partial charge in [-0.25, -0.2) is 0 Å². The predicted octanol–water partition coefficient (Wildman–Crippen LogP) is 5.20. The van der Waals surface area contributed by atoms with Gasteiger partial charge in [-0.3, -0.25) is 0 Å². The van der Waals surface area contributed by atoms with E-state index in [1.807, 2.05) is 72.8 Å². The van der Waals surface area contributed by atoms with Gasteiger partial charge in [-0.1, -0.05) is 84.0 Å². The Hall–Kier alpha value is -2.63. The van der Waals surface area contributed by atoms with Crippen molar-refractivity contribution in [3.63, 3.8) is 0 Å². The van der Waals surface area contributed by atoms with Gasteiger partial charge in [0.05, 0.1) is 10.9 Å². The second-order valence-electron chi connectivity index (χ2n) is 5.67. The summed E-state index contributed by atoms with van der Waals surface area (Å²) in [6.07, 6.45) is 0. The molecule has 0 N–H and O–H groups in total. The molecule has 26 heavy (non-hydrogen) atoms. The number of hydrogen-bond donors (Lipinski definition) is 0. The van der Waals surface area contributed by atoms with Gasteiger partial charge in [0.25, 0.3) is 0 Å². The lowest BCUT2D eigenvalue weighted by atomic mass is 10.0. The van der Waals surface area contributed by atoms with Crippen molar-refractivity contribution in [3.8, 4) is 5.69 Å². The van der Waals surface area contributed by atoms with E-state index in [4.69, 9.17) is 11.6 Å². The first kappa shape index (κ1) is 16.8. The summed E-state index contributed by atoms with van der Waals surface area (Å²) in [4.78, 5) is 0. The van der Waals surface area contributed by atoms with Crippen LogP contribution in [0.4, 0.5) is 0 Å². The van der Waals surface area contributed by atoms with Crippen LogP contribution in [0.2, 0.25) is 5.02 Å². The highest BCUT2D eigenvalue weighted by atomic mass is 35.5. The van der Waals surface area contributed by atoms with Crippen molar-refractivity contribution >= 4 is 23.4 Å². The number of thioether (sulfide) groups is 1. The minimum atomic E-state index is 0.0573. The zero-order chi connectivity index (χ0) is 17.8. The summed E-state index contributed by atoms with van der Waals surface area (Å²) in [5, 5.41) is 13.8. The molecule has 0 bridgehead atoms. The monoisotopic (exact) mass is 378 g/mol. The summed E-state index contributed by atoms with van der Waals surface area (Å²) >= 11 is 7.68. The highest BCUT2D eigenvalue weighted by Gasteiger charge is 2.20. The molecule has 3 aromatic carbocycles. The van der Waals surface area contributed by atoms with Gasteiger partial charge in [0.1, 0.15) is 0 Å². The van der Waals surface area contributed by atoms with Crippen molar-refractivity contribution < 1.29 is 0 Å². The Morgan fingerprint density at radius 1 is 0.769 bits per heavy atom. The number of para-hydroxylation sites is 1. The molecule has 1 aromatic heterocycles. The van der Waals surface area contributed by atoms with Crippen LogP contribution in [-0.2, 0) is 0 Å². The van der Waals surface area contributed by atoms with Gasteiger partial charge < -0.3 is 0 Å². The van der Waals surface area contributed by atoms with E-state index in [2.05, 4.69) is 27.7 Å². The Morgan fingerprint density at radius 2 is 1.38 bits per heavy atom. The fourth-order valence-electron chi connectivity index (χ4n) is 2.68. The van der Waals surface area contributed by atoms with Crippen LogP contribution in [0.15, 0.2) is 90.1 Å². The molecule has 0 aliphatic rings. The number of benzene rings is 3. The largest absolute Gasteiger partial charge is 0.215 e. The fraction of sp³-hybridized carbons (Fsp3) is 0.0500. The third-order valence-electron chi connectivity index (χ3n) is 3.94. The molecule has 0 amide bonds. The SMILES string of the molecule is Clc1ccc([C@H](Sc2nnnn2-c2ccccc2)c2ccccc2)cc1. The van der Waals surface area contributed by atoms with Crippen molar-refractivity contribution in [2.45, 2.75) is 10.4 Å². The van der Waals surface area contributed by atoms with E-state index in [0.29, 0.717) is 0 Å². The fourth-order valence-corrected chi connectivity index (χ4v) is 3.93. The van der Waals surface area contributed by atoms with Crippen LogP contribution in [0.25, 0.3) is 5.69 Å². The summed E-state index contributed by atoms with van der Waals surface area (Å²) < 4.78 is 1.76. The summed E-state index contributed by atoms with van der Waals surface area (Å²) in [6, 6.07) is 28.1. The van der Waals surface area contributed by atoms with E-state index >= 15 is 0 Å². The molecule has 4 aromatic rings. The van der Waals surface area contributed by atoms with E-state index in [1.165, 1.54) is 5.56 Å². The number of hydrogen-bond acceptors (Lipinski definition) is 4. The lowest BCUT2D eigenvalue weighted by Crippen LogP contribution is -2.02. The maximum Gasteiger partial charge on any atom is 0.215 e. The molecule has 0 unspecified atom stereocenters. The second-order valence-corrected chi connectivity index (χ2v) is 7.18. The predicted molar refractivity (Wildman–Crippen MR) is 105 cm³/mol. The molecule has 0 saturated carbocycles. The number of halogens is 1. The van der Waals surface area contributed by atoms with E-state index in [9.17, 15) is 0 Å². The number of nitrogens with zero attached hydrogens (tertiary/aromatic N) is 4. The van der Waals surface area contributed by atoms with Crippen LogP contribution in [0.5, 0.6) is 0 Å². The molecule has 0 radical (unpaired) electrons. The first-order chi connectivity index (χ1) is 12.8. The van der Waals surface area contributed by atoms with Crippen LogP contribution >= 0.6 is 23.4 Å². The highest BCUT2D eigenvalue weighted by Crippen LogP contribution is 2.40. The lowest BCUT2D eigenvalue weighted by Gasteiger charge is -2.17. The minimum Gasteiger partial charge on any atom is -0.187 e. The van der Waals surface area contributed by atoms with E-state index in [-0.39, 0.29) is 5.25 Å². The van der Waals surface area contributed by atoms with Gasteiger partial charge in [0, 0.05) is 5.02 Å². The Bertz CT molecular complexity index is 972. The molecule has 4 nitrogen and oxygen atoms in total. The molecule has 0 spiro atoms. The number of tetrazole rings is 1. The van der Waals surface area contributed by atoms with Crippen molar-refractivity contribution in [1.82, 2.24) is 20.2 Å². The molecule has 0 aliphatic carbocycles. The first-order valence-corrected chi connectivity index (χ1v) is 9.38.